The Morgan fingerprint density at radius 2 is 1.45 bits per heavy atom. The maximum absolute atomic E-state index is 6.51. The highest BCUT2D eigenvalue weighted by atomic mass is 31.1. The predicted molar refractivity (Wildman–Crippen MR) is 128 cm³/mol. The van der Waals surface area contributed by atoms with Crippen LogP contribution >= 0.6 is 7.92 Å². The van der Waals surface area contributed by atoms with Crippen molar-refractivity contribution in [1.82, 2.24) is 0 Å². The molecule has 0 bridgehead atoms. The van der Waals surface area contributed by atoms with Crippen LogP contribution in [0.2, 0.25) is 0 Å². The second kappa shape index (κ2) is 6.85. The van der Waals surface area contributed by atoms with Crippen molar-refractivity contribution >= 4 is 34.8 Å². The second-order valence-corrected chi connectivity index (χ2v) is 12.0. The lowest BCUT2D eigenvalue weighted by Crippen LogP contribution is -2.24. The van der Waals surface area contributed by atoms with Gasteiger partial charge in [0.05, 0.1) is 0 Å². The summed E-state index contributed by atoms with van der Waals surface area (Å²) in [6.45, 7) is 9.37. The van der Waals surface area contributed by atoms with E-state index in [9.17, 15) is 0 Å². The van der Waals surface area contributed by atoms with E-state index < -0.39 is 7.92 Å². The quantitative estimate of drug-likeness (QED) is 0.248. The standard InChI is InChI=1S/C27H27OP/c1-5-24-28-23-16-10-15-22(26(23)29(24)27(2,3)4)25-20-13-8-6-11-18(20)17-19-12-7-9-14-21(19)25/h6-17,24H,5H2,1-4H3/t24?,29-/m1/s1. The van der Waals surface area contributed by atoms with Crippen molar-refractivity contribution in [3.63, 3.8) is 0 Å². The van der Waals surface area contributed by atoms with E-state index in [0.717, 1.165) is 12.2 Å². The Morgan fingerprint density at radius 1 is 0.828 bits per heavy atom. The second-order valence-electron chi connectivity index (χ2n) is 8.87. The molecule has 2 atom stereocenters. The van der Waals surface area contributed by atoms with Gasteiger partial charge in [-0.2, -0.15) is 0 Å². The lowest BCUT2D eigenvalue weighted by molar-refractivity contribution is 0.288. The molecular weight excluding hydrogens is 371 g/mol. The van der Waals surface area contributed by atoms with E-state index in [1.807, 2.05) is 0 Å². The molecule has 0 spiro atoms. The van der Waals surface area contributed by atoms with Gasteiger partial charge in [-0.15, -0.1) is 0 Å². The molecule has 0 radical (unpaired) electrons. The highest BCUT2D eigenvalue weighted by Crippen LogP contribution is 2.61. The first-order valence-corrected chi connectivity index (χ1v) is 11.9. The van der Waals surface area contributed by atoms with Crippen molar-refractivity contribution in [2.45, 2.75) is 45.1 Å². The molecule has 0 saturated heterocycles. The van der Waals surface area contributed by atoms with Crippen molar-refractivity contribution in [3.8, 4) is 16.9 Å². The van der Waals surface area contributed by atoms with Crippen LogP contribution in [0.1, 0.15) is 34.1 Å². The molecule has 0 fully saturated rings. The van der Waals surface area contributed by atoms with Gasteiger partial charge in [0, 0.05) is 5.30 Å². The van der Waals surface area contributed by atoms with Crippen LogP contribution in [0.5, 0.6) is 5.75 Å². The Morgan fingerprint density at radius 3 is 2.03 bits per heavy atom. The highest BCUT2D eigenvalue weighted by Gasteiger charge is 2.42. The predicted octanol–water partition coefficient (Wildman–Crippen LogP) is 7.69. The molecule has 2 heteroatoms. The van der Waals surface area contributed by atoms with Gasteiger partial charge in [0.25, 0.3) is 0 Å². The van der Waals surface area contributed by atoms with Crippen LogP contribution in [0, 0.1) is 0 Å². The Kier molecular flexibility index (Phi) is 4.41. The van der Waals surface area contributed by atoms with Gasteiger partial charge in [-0.1, -0.05) is 88.4 Å². The van der Waals surface area contributed by atoms with Gasteiger partial charge in [-0.05, 0) is 64.3 Å². The molecule has 4 aromatic rings. The maximum Gasteiger partial charge on any atom is 0.128 e. The lowest BCUT2D eigenvalue weighted by atomic mass is 9.92. The van der Waals surface area contributed by atoms with Gasteiger partial charge in [0.1, 0.15) is 11.6 Å². The summed E-state index contributed by atoms with van der Waals surface area (Å²) < 4.78 is 6.51. The fourth-order valence-electron chi connectivity index (χ4n) is 4.75. The van der Waals surface area contributed by atoms with Gasteiger partial charge in [-0.3, -0.25) is 0 Å². The molecule has 1 aliphatic heterocycles. The van der Waals surface area contributed by atoms with Crippen molar-refractivity contribution < 1.29 is 4.74 Å². The number of rotatable bonds is 2. The number of ether oxygens (including phenoxy) is 1. The molecule has 0 saturated carbocycles. The number of fused-ring (bicyclic) bond motifs is 3. The maximum atomic E-state index is 6.51. The molecule has 1 aliphatic rings. The van der Waals surface area contributed by atoms with Crippen molar-refractivity contribution in [1.29, 1.82) is 0 Å². The first-order chi connectivity index (χ1) is 14.0. The fourth-order valence-corrected chi connectivity index (χ4v) is 7.97. The third kappa shape index (κ3) is 2.95. The highest BCUT2D eigenvalue weighted by molar-refractivity contribution is 7.68. The van der Waals surface area contributed by atoms with E-state index in [0.29, 0.717) is 5.85 Å². The molecule has 0 aromatic heterocycles. The van der Waals surface area contributed by atoms with E-state index in [4.69, 9.17) is 4.74 Å². The van der Waals surface area contributed by atoms with Gasteiger partial charge >= 0.3 is 0 Å². The summed E-state index contributed by atoms with van der Waals surface area (Å²) in [6, 6.07) is 26.5. The minimum atomic E-state index is -0.443. The normalized spacial score (nSPS) is 18.8. The van der Waals surface area contributed by atoms with Crippen molar-refractivity contribution in [3.05, 3.63) is 72.8 Å². The summed E-state index contributed by atoms with van der Waals surface area (Å²) in [5.41, 5.74) is 2.71. The molecule has 0 amide bonds. The zero-order valence-electron chi connectivity index (χ0n) is 17.6. The zero-order valence-corrected chi connectivity index (χ0v) is 18.5. The summed E-state index contributed by atoms with van der Waals surface area (Å²) in [5, 5.41) is 6.88. The lowest BCUT2D eigenvalue weighted by Gasteiger charge is -2.32. The molecule has 4 aromatic carbocycles. The summed E-state index contributed by atoms with van der Waals surface area (Å²) >= 11 is 0. The first kappa shape index (κ1) is 18.6. The largest absolute Gasteiger partial charge is 0.485 e. The van der Waals surface area contributed by atoms with E-state index in [1.165, 1.54) is 38.0 Å². The molecule has 1 heterocycles. The van der Waals surface area contributed by atoms with E-state index >= 15 is 0 Å². The molecule has 0 aliphatic carbocycles. The molecule has 1 unspecified atom stereocenters. The van der Waals surface area contributed by atoms with Crippen LogP contribution < -0.4 is 10.0 Å². The van der Waals surface area contributed by atoms with Gasteiger partial charge < -0.3 is 4.74 Å². The Bertz CT molecular complexity index is 1160. The molecule has 29 heavy (non-hydrogen) atoms. The average molecular weight is 398 g/mol. The van der Waals surface area contributed by atoms with E-state index in [-0.39, 0.29) is 5.16 Å². The van der Waals surface area contributed by atoms with Crippen LogP contribution in [-0.4, -0.2) is 11.0 Å². The molecule has 1 nitrogen and oxygen atoms in total. The average Bonchev–Trinajstić information content (AvgIpc) is 3.11. The monoisotopic (exact) mass is 398 g/mol. The van der Waals surface area contributed by atoms with Crippen LogP contribution in [0.25, 0.3) is 32.7 Å². The Hall–Kier alpha value is -2.37. The van der Waals surface area contributed by atoms with Gasteiger partial charge in [0.15, 0.2) is 0 Å². The molecular formula is C27H27OP. The van der Waals surface area contributed by atoms with Gasteiger partial charge in [0.2, 0.25) is 0 Å². The fraction of sp³-hybridized carbons (Fsp3) is 0.259. The minimum absolute atomic E-state index is 0.192. The van der Waals surface area contributed by atoms with Crippen LogP contribution in [0.15, 0.2) is 72.8 Å². The summed E-state index contributed by atoms with van der Waals surface area (Å²) in [5.74, 6) is 1.38. The third-order valence-corrected chi connectivity index (χ3v) is 9.34. The summed E-state index contributed by atoms with van der Waals surface area (Å²) in [7, 11) is -0.443. The first-order valence-electron chi connectivity index (χ1n) is 10.5. The van der Waals surface area contributed by atoms with Crippen LogP contribution in [-0.2, 0) is 0 Å². The van der Waals surface area contributed by atoms with E-state index in [2.05, 4.69) is 100 Å². The molecule has 146 valence electrons. The molecule has 5 rings (SSSR count). The van der Waals surface area contributed by atoms with Crippen molar-refractivity contribution in [2.75, 3.05) is 0 Å². The van der Waals surface area contributed by atoms with Crippen LogP contribution in [0.3, 0.4) is 0 Å². The SMILES string of the molecule is CCC1Oc2cccc(-c3c4ccccc4cc4ccccc34)c2[P@]1C(C)(C)C. The van der Waals surface area contributed by atoms with Crippen molar-refractivity contribution in [2.24, 2.45) is 0 Å². The van der Waals surface area contributed by atoms with E-state index in [1.54, 1.807) is 0 Å². The van der Waals surface area contributed by atoms with Gasteiger partial charge in [-0.25, -0.2) is 0 Å². The zero-order chi connectivity index (χ0) is 20.2. The third-order valence-electron chi connectivity index (χ3n) is 5.90. The minimum Gasteiger partial charge on any atom is -0.485 e. The Labute approximate surface area is 174 Å². The summed E-state index contributed by atoms with van der Waals surface area (Å²) in [6.07, 6.45) is 1.05. The topological polar surface area (TPSA) is 9.23 Å². The molecule has 0 N–H and O–H groups in total. The smallest absolute Gasteiger partial charge is 0.128 e. The number of hydrogen-bond acceptors (Lipinski definition) is 1. The Balaban J connectivity index is 1.90. The number of benzene rings is 4. The van der Waals surface area contributed by atoms with Crippen LogP contribution in [0.4, 0.5) is 0 Å². The summed E-state index contributed by atoms with van der Waals surface area (Å²) in [4.78, 5) is 0. The number of hydrogen-bond donors (Lipinski definition) is 0.